The van der Waals surface area contributed by atoms with E-state index in [1.54, 1.807) is 0 Å². The zero-order chi connectivity index (χ0) is 19.1. The van der Waals surface area contributed by atoms with Crippen LogP contribution in [0.2, 0.25) is 0 Å². The summed E-state index contributed by atoms with van der Waals surface area (Å²) < 4.78 is 0. The van der Waals surface area contributed by atoms with Crippen molar-refractivity contribution in [2.24, 2.45) is 10.7 Å². The highest BCUT2D eigenvalue weighted by Crippen LogP contribution is 2.19. The molecule has 3 N–H and O–H groups in total. The number of halogens is 1. The first kappa shape index (κ1) is 22.2. The summed E-state index contributed by atoms with van der Waals surface area (Å²) in [4.78, 5) is 18.7. The summed E-state index contributed by atoms with van der Waals surface area (Å²) in [6.07, 6.45) is 3.13. The van der Waals surface area contributed by atoms with Gasteiger partial charge in [0, 0.05) is 31.7 Å². The number of benzene rings is 2. The second kappa shape index (κ2) is 11.0. The van der Waals surface area contributed by atoms with Crippen molar-refractivity contribution in [3.05, 3.63) is 65.2 Å². The highest BCUT2D eigenvalue weighted by atomic mass is 127. The maximum absolute atomic E-state index is 12.4. The van der Waals surface area contributed by atoms with Crippen LogP contribution < -0.4 is 11.1 Å². The van der Waals surface area contributed by atoms with E-state index >= 15 is 0 Å². The molecule has 0 spiro atoms. The van der Waals surface area contributed by atoms with Gasteiger partial charge in [0.2, 0.25) is 5.91 Å². The number of nitrogens with two attached hydrogens (primary N) is 1. The van der Waals surface area contributed by atoms with E-state index in [4.69, 9.17) is 5.73 Å². The molecule has 1 amide bonds. The third-order valence-corrected chi connectivity index (χ3v) is 4.92. The Labute approximate surface area is 184 Å². The molecule has 0 atom stereocenters. The summed E-state index contributed by atoms with van der Waals surface area (Å²) in [5.41, 5.74) is 10.8. The predicted molar refractivity (Wildman–Crippen MR) is 126 cm³/mol. The quantitative estimate of drug-likeness (QED) is 0.278. The topological polar surface area (TPSA) is 70.7 Å². The molecule has 0 radical (unpaired) electrons. The minimum absolute atomic E-state index is 0. The molecule has 0 saturated heterocycles. The summed E-state index contributed by atoms with van der Waals surface area (Å²) in [6.45, 7) is 4.18. The van der Waals surface area contributed by atoms with E-state index in [1.165, 1.54) is 16.7 Å². The van der Waals surface area contributed by atoms with Crippen molar-refractivity contribution in [2.45, 2.75) is 39.2 Å². The molecule has 0 fully saturated rings. The molecule has 5 nitrogen and oxygen atoms in total. The Morgan fingerprint density at radius 2 is 1.96 bits per heavy atom. The van der Waals surface area contributed by atoms with Crippen LogP contribution in [0.4, 0.5) is 5.69 Å². The third-order valence-electron chi connectivity index (χ3n) is 4.92. The van der Waals surface area contributed by atoms with Crippen molar-refractivity contribution >= 4 is 41.5 Å². The van der Waals surface area contributed by atoms with Gasteiger partial charge in [-0.2, -0.15) is 0 Å². The van der Waals surface area contributed by atoms with Crippen molar-refractivity contribution < 1.29 is 4.79 Å². The third kappa shape index (κ3) is 6.22. The van der Waals surface area contributed by atoms with Crippen LogP contribution in [0.25, 0.3) is 0 Å². The number of carbonyl (C=O) groups is 1. The molecule has 2 aromatic rings. The second-order valence-electron chi connectivity index (χ2n) is 6.88. The molecular formula is C22H29IN4O. The maximum atomic E-state index is 12.4. The number of hydrogen-bond donors (Lipinski definition) is 2. The molecule has 28 heavy (non-hydrogen) atoms. The Hall–Kier alpha value is -2.09. The number of aliphatic imine (C=N–C) groups is 1. The van der Waals surface area contributed by atoms with Gasteiger partial charge in [-0.1, -0.05) is 43.3 Å². The van der Waals surface area contributed by atoms with Crippen LogP contribution >= 0.6 is 24.0 Å². The van der Waals surface area contributed by atoms with E-state index in [0.717, 1.165) is 31.6 Å². The van der Waals surface area contributed by atoms with E-state index in [1.807, 2.05) is 23.1 Å². The zero-order valence-electron chi connectivity index (χ0n) is 16.4. The van der Waals surface area contributed by atoms with Crippen LogP contribution in [0, 0.1) is 0 Å². The van der Waals surface area contributed by atoms with Gasteiger partial charge in [-0.25, -0.2) is 0 Å². The highest BCUT2D eigenvalue weighted by molar-refractivity contribution is 14.0. The maximum Gasteiger partial charge on any atom is 0.222 e. The summed E-state index contributed by atoms with van der Waals surface area (Å²) >= 11 is 0. The van der Waals surface area contributed by atoms with Gasteiger partial charge in [0.15, 0.2) is 5.96 Å². The number of carbonyl (C=O) groups excluding carboxylic acids is 1. The summed E-state index contributed by atoms with van der Waals surface area (Å²) in [5.74, 6) is 0.587. The van der Waals surface area contributed by atoms with Gasteiger partial charge in [-0.05, 0) is 48.1 Å². The molecule has 1 aliphatic heterocycles. The lowest BCUT2D eigenvalue weighted by molar-refractivity contribution is -0.132. The first-order valence-corrected chi connectivity index (χ1v) is 9.66. The molecule has 150 valence electrons. The van der Waals surface area contributed by atoms with Crippen molar-refractivity contribution in [3.63, 3.8) is 0 Å². The Kier molecular flexibility index (Phi) is 8.76. The monoisotopic (exact) mass is 492 g/mol. The van der Waals surface area contributed by atoms with Gasteiger partial charge in [0.05, 0.1) is 0 Å². The van der Waals surface area contributed by atoms with Crippen LogP contribution in [0.5, 0.6) is 0 Å². The van der Waals surface area contributed by atoms with E-state index < -0.39 is 0 Å². The molecule has 0 aliphatic carbocycles. The van der Waals surface area contributed by atoms with Crippen LogP contribution in [-0.4, -0.2) is 29.9 Å². The van der Waals surface area contributed by atoms with Crippen LogP contribution in [0.15, 0.2) is 53.5 Å². The molecule has 1 heterocycles. The van der Waals surface area contributed by atoms with Gasteiger partial charge < -0.3 is 16.0 Å². The fourth-order valence-corrected chi connectivity index (χ4v) is 3.35. The van der Waals surface area contributed by atoms with E-state index in [9.17, 15) is 4.79 Å². The smallest absolute Gasteiger partial charge is 0.222 e. The summed E-state index contributed by atoms with van der Waals surface area (Å²) in [6, 6.07) is 16.5. The summed E-state index contributed by atoms with van der Waals surface area (Å²) in [7, 11) is 0. The van der Waals surface area contributed by atoms with Crippen molar-refractivity contribution in [1.82, 2.24) is 4.90 Å². The first-order valence-electron chi connectivity index (χ1n) is 9.66. The Morgan fingerprint density at radius 3 is 2.75 bits per heavy atom. The molecule has 1 aliphatic rings. The molecule has 6 heteroatoms. The summed E-state index contributed by atoms with van der Waals surface area (Å²) in [5, 5.41) is 3.11. The van der Waals surface area contributed by atoms with E-state index in [0.29, 0.717) is 25.3 Å². The lowest BCUT2D eigenvalue weighted by atomic mass is 9.99. The molecule has 2 aromatic carbocycles. The number of aryl methyl sites for hydroxylation is 1. The van der Waals surface area contributed by atoms with Crippen molar-refractivity contribution in [1.29, 1.82) is 0 Å². The molecule has 0 bridgehead atoms. The van der Waals surface area contributed by atoms with Gasteiger partial charge in [-0.3, -0.25) is 9.79 Å². The first-order chi connectivity index (χ1) is 13.2. The predicted octanol–water partition coefficient (Wildman–Crippen LogP) is 3.96. The van der Waals surface area contributed by atoms with Crippen LogP contribution in [0.3, 0.4) is 0 Å². The number of anilines is 1. The normalized spacial score (nSPS) is 13.5. The van der Waals surface area contributed by atoms with E-state index in [2.05, 4.69) is 47.6 Å². The molecule has 0 saturated carbocycles. The van der Waals surface area contributed by atoms with Crippen molar-refractivity contribution in [3.8, 4) is 0 Å². The number of hydrogen-bond acceptors (Lipinski definition) is 2. The Bertz CT molecular complexity index is 822. The number of rotatable bonds is 6. The average Bonchev–Trinajstić information content (AvgIpc) is 2.70. The minimum atomic E-state index is 0. The second-order valence-corrected chi connectivity index (χ2v) is 6.88. The number of nitrogens with one attached hydrogen (secondary N) is 1. The number of nitrogens with zero attached hydrogens (tertiary/aromatic N) is 2. The fraction of sp³-hybridized carbons (Fsp3) is 0.364. The number of fused-ring (bicyclic) bond motifs is 1. The lowest BCUT2D eigenvalue weighted by Crippen LogP contribution is -2.35. The fourth-order valence-electron chi connectivity index (χ4n) is 3.35. The Morgan fingerprint density at radius 1 is 1.18 bits per heavy atom. The van der Waals surface area contributed by atoms with Crippen LogP contribution in [-0.2, 0) is 24.2 Å². The average molecular weight is 492 g/mol. The lowest BCUT2D eigenvalue weighted by Gasteiger charge is -2.28. The van der Waals surface area contributed by atoms with Gasteiger partial charge in [0.1, 0.15) is 0 Å². The standard InChI is InChI=1S/C22H28N4O.HI/c1-2-17-7-5-10-20(15-17)25-22(23)24-13-6-11-21(27)26-14-12-18-8-3-4-9-19(18)16-26;/h3-5,7-10,15H,2,6,11-14,16H2,1H3,(H3,23,24,25);1H. The largest absolute Gasteiger partial charge is 0.370 e. The SMILES string of the molecule is CCc1cccc(NC(N)=NCCCC(=O)N2CCc3ccccc3C2)c1.I. The van der Waals surface area contributed by atoms with Gasteiger partial charge in [0.25, 0.3) is 0 Å². The number of amides is 1. The molecule has 3 rings (SSSR count). The zero-order valence-corrected chi connectivity index (χ0v) is 18.7. The molecule has 0 aromatic heterocycles. The minimum Gasteiger partial charge on any atom is -0.370 e. The van der Waals surface area contributed by atoms with Gasteiger partial charge in [-0.15, -0.1) is 24.0 Å². The van der Waals surface area contributed by atoms with Gasteiger partial charge >= 0.3 is 0 Å². The van der Waals surface area contributed by atoms with Crippen molar-refractivity contribution in [2.75, 3.05) is 18.4 Å². The molecular weight excluding hydrogens is 463 g/mol. The highest BCUT2D eigenvalue weighted by Gasteiger charge is 2.19. The molecule has 0 unspecified atom stereocenters. The Balaban J connectivity index is 0.00000280. The van der Waals surface area contributed by atoms with Crippen LogP contribution in [0.1, 0.15) is 36.5 Å². The van der Waals surface area contributed by atoms with E-state index in [-0.39, 0.29) is 29.9 Å². The number of guanidine groups is 1.